The summed E-state index contributed by atoms with van der Waals surface area (Å²) in [6.45, 7) is 1.27. The van der Waals surface area contributed by atoms with Gasteiger partial charge in [-0.25, -0.2) is 18.0 Å². The summed E-state index contributed by atoms with van der Waals surface area (Å²) < 4.78 is 44.7. The summed E-state index contributed by atoms with van der Waals surface area (Å²) >= 11 is 0. The van der Waals surface area contributed by atoms with E-state index in [1.807, 2.05) is 0 Å². The lowest BCUT2D eigenvalue weighted by atomic mass is 9.83. The number of amides is 1. The van der Waals surface area contributed by atoms with Crippen molar-refractivity contribution >= 4 is 17.7 Å². The third-order valence-corrected chi connectivity index (χ3v) is 4.23. The maximum absolute atomic E-state index is 13.6. The minimum Gasteiger partial charge on any atom is -0.467 e. The van der Waals surface area contributed by atoms with Gasteiger partial charge in [-0.15, -0.1) is 0 Å². The molecule has 2 aromatic carbocycles. The molecule has 0 saturated heterocycles. The molecule has 0 saturated carbocycles. The van der Waals surface area contributed by atoms with Crippen molar-refractivity contribution in [2.24, 2.45) is 5.73 Å². The van der Waals surface area contributed by atoms with Crippen LogP contribution in [0.1, 0.15) is 18.1 Å². The van der Waals surface area contributed by atoms with Gasteiger partial charge in [0.1, 0.15) is 17.5 Å². The van der Waals surface area contributed by atoms with Crippen molar-refractivity contribution in [1.29, 1.82) is 0 Å². The van der Waals surface area contributed by atoms with Crippen LogP contribution in [0.25, 0.3) is 0 Å². The molecule has 29 heavy (non-hydrogen) atoms. The van der Waals surface area contributed by atoms with Gasteiger partial charge in [0.15, 0.2) is 5.78 Å². The van der Waals surface area contributed by atoms with Gasteiger partial charge >= 0.3 is 5.97 Å². The van der Waals surface area contributed by atoms with Crippen molar-refractivity contribution < 1.29 is 32.3 Å². The van der Waals surface area contributed by atoms with Crippen LogP contribution in [-0.4, -0.2) is 30.8 Å². The number of carbonyl (C=O) groups excluding carboxylic acids is 3. The molecule has 6 nitrogen and oxygen atoms in total. The van der Waals surface area contributed by atoms with E-state index in [-0.39, 0.29) is 11.1 Å². The summed E-state index contributed by atoms with van der Waals surface area (Å²) in [7, 11) is 1.01. The smallest absolute Gasteiger partial charge is 0.338 e. The van der Waals surface area contributed by atoms with Crippen molar-refractivity contribution in [2.75, 3.05) is 7.11 Å². The fraction of sp³-hybridized carbons (Fsp3) is 0.250. The Bertz CT molecular complexity index is 931. The van der Waals surface area contributed by atoms with Crippen molar-refractivity contribution in [1.82, 2.24) is 5.32 Å². The number of nitrogens with two attached hydrogens (primary N) is 1. The molecule has 0 aliphatic heterocycles. The number of ketones is 1. The standard InChI is InChI=1S/C20H19F3N2O4/c1-11(25-17(26)8-12-6-15(22)10-16(23)7-12)18(27)20(24,19(28)29-2)13-4-3-5-14(21)9-13/h3-7,9-11H,8,24H2,1-2H3,(H,25,26)/t11-,20?/m0/s1. The number of ether oxygens (including phenoxy) is 1. The van der Waals surface area contributed by atoms with Gasteiger partial charge in [0.2, 0.25) is 11.4 Å². The number of hydrogen-bond acceptors (Lipinski definition) is 5. The minimum atomic E-state index is -2.37. The van der Waals surface area contributed by atoms with Gasteiger partial charge in [0.05, 0.1) is 19.6 Å². The van der Waals surface area contributed by atoms with Crippen molar-refractivity contribution in [3.05, 3.63) is 71.0 Å². The summed E-state index contributed by atoms with van der Waals surface area (Å²) in [6, 6.07) is 5.90. The first-order valence-electron chi connectivity index (χ1n) is 8.50. The van der Waals surface area contributed by atoms with Gasteiger partial charge < -0.3 is 15.8 Å². The van der Waals surface area contributed by atoms with Gasteiger partial charge in [-0.2, -0.15) is 0 Å². The van der Waals surface area contributed by atoms with Crippen molar-refractivity contribution in [3.8, 4) is 0 Å². The summed E-state index contributed by atoms with van der Waals surface area (Å²) in [5, 5.41) is 2.32. The number of Topliss-reactive ketones (excluding diaryl/α,β-unsaturated/α-hetero) is 1. The number of methoxy groups -OCH3 is 1. The Hall–Kier alpha value is -3.20. The van der Waals surface area contributed by atoms with E-state index in [9.17, 15) is 27.6 Å². The lowest BCUT2D eigenvalue weighted by Gasteiger charge is -2.28. The SMILES string of the molecule is COC(=O)C(N)(C(=O)[C@H](C)NC(=O)Cc1cc(F)cc(F)c1)c1cccc(F)c1. The predicted molar refractivity (Wildman–Crippen MR) is 97.0 cm³/mol. The zero-order valence-corrected chi connectivity index (χ0v) is 15.7. The molecular formula is C20H19F3N2O4. The number of rotatable bonds is 7. The first kappa shape index (κ1) is 22.1. The van der Waals surface area contributed by atoms with Crippen molar-refractivity contribution in [2.45, 2.75) is 24.9 Å². The van der Waals surface area contributed by atoms with Crippen LogP contribution in [0.3, 0.4) is 0 Å². The van der Waals surface area contributed by atoms with Gasteiger partial charge in [-0.1, -0.05) is 12.1 Å². The van der Waals surface area contributed by atoms with Crippen LogP contribution in [-0.2, 0) is 31.1 Å². The lowest BCUT2D eigenvalue weighted by molar-refractivity contribution is -0.153. The minimum absolute atomic E-state index is 0.0526. The summed E-state index contributed by atoms with van der Waals surface area (Å²) in [6.07, 6.45) is -0.415. The van der Waals surface area contributed by atoms with Gasteiger partial charge in [-0.05, 0) is 42.3 Å². The first-order valence-corrected chi connectivity index (χ1v) is 8.50. The average molecular weight is 408 g/mol. The highest BCUT2D eigenvalue weighted by Crippen LogP contribution is 2.24. The quantitative estimate of drug-likeness (QED) is 0.537. The van der Waals surface area contributed by atoms with E-state index in [1.54, 1.807) is 0 Å². The maximum Gasteiger partial charge on any atom is 0.338 e. The van der Waals surface area contributed by atoms with Crippen LogP contribution in [0.4, 0.5) is 13.2 Å². The monoisotopic (exact) mass is 408 g/mol. The molecule has 0 aliphatic rings. The fourth-order valence-corrected chi connectivity index (χ4v) is 2.85. The average Bonchev–Trinajstić information content (AvgIpc) is 2.64. The molecule has 154 valence electrons. The predicted octanol–water partition coefficient (Wildman–Crippen LogP) is 1.75. The summed E-state index contributed by atoms with van der Waals surface area (Å²) in [5.41, 5.74) is 3.55. The van der Waals surface area contributed by atoms with Crippen LogP contribution >= 0.6 is 0 Å². The molecule has 0 spiro atoms. The van der Waals surface area contributed by atoms with Crippen LogP contribution in [0, 0.1) is 17.5 Å². The van der Waals surface area contributed by atoms with E-state index < -0.39 is 53.1 Å². The topological polar surface area (TPSA) is 98.5 Å². The van der Waals surface area contributed by atoms with Crippen LogP contribution in [0.15, 0.2) is 42.5 Å². The highest BCUT2D eigenvalue weighted by molar-refractivity contribution is 6.11. The van der Waals surface area contributed by atoms with Gasteiger partial charge in [-0.3, -0.25) is 9.59 Å². The van der Waals surface area contributed by atoms with E-state index in [2.05, 4.69) is 10.1 Å². The lowest BCUT2D eigenvalue weighted by Crippen LogP contribution is -2.59. The molecule has 0 heterocycles. The molecule has 0 radical (unpaired) electrons. The van der Waals surface area contributed by atoms with Crippen LogP contribution in [0.5, 0.6) is 0 Å². The molecule has 1 unspecified atom stereocenters. The van der Waals surface area contributed by atoms with E-state index in [1.165, 1.54) is 19.1 Å². The zero-order chi connectivity index (χ0) is 21.8. The Labute approximate surface area is 164 Å². The molecule has 9 heteroatoms. The van der Waals surface area contributed by atoms with E-state index in [4.69, 9.17) is 5.73 Å². The number of esters is 1. The highest BCUT2D eigenvalue weighted by Gasteiger charge is 2.47. The van der Waals surface area contributed by atoms with Gasteiger partial charge in [0, 0.05) is 6.07 Å². The molecule has 1 amide bonds. The van der Waals surface area contributed by atoms with E-state index in [0.29, 0.717) is 6.07 Å². The van der Waals surface area contributed by atoms with Crippen LogP contribution in [0.2, 0.25) is 0 Å². The maximum atomic E-state index is 13.6. The second-order valence-electron chi connectivity index (χ2n) is 6.42. The Morgan fingerprint density at radius 3 is 2.24 bits per heavy atom. The summed E-state index contributed by atoms with van der Waals surface area (Å²) in [5.74, 6) is -5.25. The number of nitrogens with one attached hydrogen (secondary N) is 1. The Morgan fingerprint density at radius 1 is 1.07 bits per heavy atom. The largest absolute Gasteiger partial charge is 0.467 e. The summed E-state index contributed by atoms with van der Waals surface area (Å²) in [4.78, 5) is 37.3. The van der Waals surface area contributed by atoms with Crippen molar-refractivity contribution in [3.63, 3.8) is 0 Å². The number of benzene rings is 2. The zero-order valence-electron chi connectivity index (χ0n) is 15.7. The molecule has 2 rings (SSSR count). The molecule has 0 aromatic heterocycles. The third kappa shape index (κ3) is 5.00. The second-order valence-corrected chi connectivity index (χ2v) is 6.42. The second kappa shape index (κ2) is 8.87. The molecule has 2 atom stereocenters. The van der Waals surface area contributed by atoms with Gasteiger partial charge in [0.25, 0.3) is 0 Å². The Balaban J connectivity index is 2.22. The Morgan fingerprint density at radius 2 is 1.69 bits per heavy atom. The molecule has 3 N–H and O–H groups in total. The molecule has 0 aliphatic carbocycles. The highest BCUT2D eigenvalue weighted by atomic mass is 19.1. The number of carbonyl (C=O) groups is 3. The van der Waals surface area contributed by atoms with E-state index >= 15 is 0 Å². The molecule has 0 bridgehead atoms. The molecular weight excluding hydrogens is 389 g/mol. The number of hydrogen-bond donors (Lipinski definition) is 2. The molecule has 0 fully saturated rings. The van der Waals surface area contributed by atoms with Crippen LogP contribution < -0.4 is 11.1 Å². The Kier molecular flexibility index (Phi) is 6.76. The third-order valence-electron chi connectivity index (χ3n) is 4.23. The molecule has 2 aromatic rings. The fourth-order valence-electron chi connectivity index (χ4n) is 2.85. The first-order chi connectivity index (χ1) is 13.6. The number of halogens is 3. The normalized spacial score (nSPS) is 13.9. The van der Waals surface area contributed by atoms with E-state index in [0.717, 1.165) is 31.4 Å².